The minimum absolute atomic E-state index is 0. The summed E-state index contributed by atoms with van der Waals surface area (Å²) in [6, 6.07) is 54.2. The number of anilines is 2. The molecule has 0 saturated carbocycles. The number of benzene rings is 6. The first-order valence-electron chi connectivity index (χ1n) is 20.1. The molecule has 0 N–H and O–H groups in total. The summed E-state index contributed by atoms with van der Waals surface area (Å²) in [5.41, 5.74) is 12.5. The largest absolute Gasteiger partial charge is 0.509 e. The van der Waals surface area contributed by atoms with Gasteiger partial charge in [0.2, 0.25) is 0 Å². The van der Waals surface area contributed by atoms with Gasteiger partial charge >= 0.3 is 0 Å². The summed E-state index contributed by atoms with van der Waals surface area (Å²) in [6.07, 6.45) is 7.10. The Balaban J connectivity index is 0.00000484. The van der Waals surface area contributed by atoms with Crippen molar-refractivity contribution < 1.29 is 25.8 Å². The topological polar surface area (TPSA) is 33.5 Å². The summed E-state index contributed by atoms with van der Waals surface area (Å²) in [7, 11) is 0. The normalized spacial score (nSPS) is 12.8. The second-order valence-corrected chi connectivity index (χ2v) is 16.7. The molecule has 0 unspecified atom stereocenters. The van der Waals surface area contributed by atoms with Crippen LogP contribution < -0.4 is 14.5 Å². The van der Waals surface area contributed by atoms with Crippen LogP contribution >= 0.6 is 0 Å². The molecule has 0 spiro atoms. The molecule has 9 rings (SSSR count). The Hall–Kier alpha value is -5.90. The van der Waals surface area contributed by atoms with Gasteiger partial charge in [0.25, 0.3) is 0 Å². The zero-order valence-corrected chi connectivity index (χ0v) is 36.6. The van der Waals surface area contributed by atoms with Crippen LogP contribution in [-0.4, -0.2) is 9.55 Å². The van der Waals surface area contributed by atoms with Crippen molar-refractivity contribution in [2.24, 2.45) is 5.92 Å². The van der Waals surface area contributed by atoms with E-state index in [4.69, 9.17) is 9.72 Å². The molecular weight excluding hydrogens is 904 g/mol. The van der Waals surface area contributed by atoms with E-state index < -0.39 is 0 Å². The van der Waals surface area contributed by atoms with Gasteiger partial charge in [-0.3, -0.25) is 0 Å². The molecule has 1 aliphatic heterocycles. The van der Waals surface area contributed by atoms with Crippen molar-refractivity contribution in [2.75, 3.05) is 9.80 Å². The minimum atomic E-state index is -0.0862. The molecule has 59 heavy (non-hydrogen) atoms. The number of nitrogens with zero attached hydrogens (tertiary/aromatic N) is 4. The van der Waals surface area contributed by atoms with Crippen LogP contribution in [0.4, 0.5) is 11.4 Å². The maximum atomic E-state index is 6.54. The molecule has 0 bridgehead atoms. The van der Waals surface area contributed by atoms with Crippen molar-refractivity contribution >= 4 is 33.2 Å². The summed E-state index contributed by atoms with van der Waals surface area (Å²) in [5, 5.41) is 2.21. The van der Waals surface area contributed by atoms with Gasteiger partial charge in [-0.25, -0.2) is 4.98 Å². The van der Waals surface area contributed by atoms with E-state index in [0.29, 0.717) is 17.4 Å². The van der Waals surface area contributed by atoms with E-state index in [0.717, 1.165) is 51.0 Å². The van der Waals surface area contributed by atoms with Gasteiger partial charge in [0.05, 0.1) is 0 Å². The van der Waals surface area contributed by atoms with Gasteiger partial charge in [-0.1, -0.05) is 118 Å². The van der Waals surface area contributed by atoms with Gasteiger partial charge in [0.15, 0.2) is 0 Å². The number of rotatable bonds is 9. The van der Waals surface area contributed by atoms with Gasteiger partial charge in [-0.05, 0) is 106 Å². The van der Waals surface area contributed by atoms with Crippen molar-refractivity contribution in [3.8, 4) is 39.6 Å². The molecule has 2 aromatic heterocycles. The first-order valence-corrected chi connectivity index (χ1v) is 20.1. The fourth-order valence-electron chi connectivity index (χ4n) is 8.13. The van der Waals surface area contributed by atoms with Gasteiger partial charge in [-0.15, -0.1) is 48.1 Å². The zero-order chi connectivity index (χ0) is 40.0. The monoisotopic (exact) mass is 950 g/mol. The predicted molar refractivity (Wildman–Crippen MR) is 240 cm³/mol. The average Bonchev–Trinajstić information content (AvgIpc) is 3.84. The first kappa shape index (κ1) is 39.9. The molecule has 0 saturated heterocycles. The van der Waals surface area contributed by atoms with E-state index in [-0.39, 0.29) is 26.5 Å². The van der Waals surface area contributed by atoms with Crippen LogP contribution in [0.15, 0.2) is 152 Å². The molecule has 0 atom stereocenters. The van der Waals surface area contributed by atoms with Crippen molar-refractivity contribution in [1.82, 2.24) is 9.55 Å². The number of ether oxygens (including phenoxy) is 1. The third kappa shape index (κ3) is 8.09. The van der Waals surface area contributed by atoms with Crippen molar-refractivity contribution in [2.45, 2.75) is 53.4 Å². The van der Waals surface area contributed by atoms with Crippen molar-refractivity contribution in [3.63, 3.8) is 0 Å². The molecule has 3 heterocycles. The van der Waals surface area contributed by atoms with Gasteiger partial charge in [0.1, 0.15) is 5.82 Å². The maximum absolute atomic E-state index is 6.54. The van der Waals surface area contributed by atoms with Crippen LogP contribution in [0.5, 0.6) is 11.5 Å². The predicted octanol–water partition coefficient (Wildman–Crippen LogP) is 13.6. The third-order valence-electron chi connectivity index (χ3n) is 10.7. The van der Waals surface area contributed by atoms with Crippen molar-refractivity contribution in [1.29, 1.82) is 0 Å². The molecule has 0 fully saturated rings. The van der Waals surface area contributed by atoms with E-state index in [1.54, 1.807) is 0 Å². The average molecular weight is 951 g/mol. The molecule has 1 aliphatic rings. The Morgan fingerprint density at radius 1 is 0.712 bits per heavy atom. The molecule has 5 nitrogen and oxygen atoms in total. The first-order chi connectivity index (χ1) is 28.1. The SMILES string of the molecule is Cc1cc(-c2ccccc2)c(-c2ccnc(-n3c4[c-]c(Oc5[c-]c(N6C=CN(c7cccc(CC(C)C)c7)[CH-]6)ccc5)ccc4c4ccccc43)c2)c(C(C)(C)C)c1.[Pt]. The Kier molecular flexibility index (Phi) is 11.1. The summed E-state index contributed by atoms with van der Waals surface area (Å²) in [4.78, 5) is 9.21. The Bertz CT molecular complexity index is 2810. The van der Waals surface area contributed by atoms with Gasteiger partial charge in [0, 0.05) is 50.0 Å². The van der Waals surface area contributed by atoms with Crippen LogP contribution in [0.3, 0.4) is 0 Å². The smallest absolute Gasteiger partial charge is 0.136 e. The minimum Gasteiger partial charge on any atom is -0.509 e. The second kappa shape index (κ2) is 16.4. The molecular formula is C53H47N4OPt-3. The molecule has 0 radical (unpaired) electrons. The number of para-hydroxylation sites is 1. The van der Waals surface area contributed by atoms with E-state index in [1.807, 2.05) is 36.7 Å². The van der Waals surface area contributed by atoms with Crippen molar-refractivity contribution in [3.05, 3.63) is 188 Å². The quantitative estimate of drug-likeness (QED) is 0.135. The fourth-order valence-corrected chi connectivity index (χ4v) is 8.13. The Morgan fingerprint density at radius 2 is 1.47 bits per heavy atom. The fraction of sp³-hybridized carbons (Fsp3) is 0.170. The molecule has 6 heteroatoms. The van der Waals surface area contributed by atoms with Crippen LogP contribution in [0.25, 0.3) is 49.9 Å². The van der Waals surface area contributed by atoms with Crippen LogP contribution in [-0.2, 0) is 32.9 Å². The molecule has 6 aromatic carbocycles. The number of pyridine rings is 1. The Labute approximate surface area is 362 Å². The summed E-state index contributed by atoms with van der Waals surface area (Å²) < 4.78 is 8.75. The number of hydrogen-bond donors (Lipinski definition) is 0. The summed E-state index contributed by atoms with van der Waals surface area (Å²) >= 11 is 0. The van der Waals surface area contributed by atoms with E-state index in [2.05, 4.69) is 190 Å². The molecule has 298 valence electrons. The summed E-state index contributed by atoms with van der Waals surface area (Å²) in [6.45, 7) is 15.6. The van der Waals surface area contributed by atoms with Crippen LogP contribution in [0.2, 0.25) is 0 Å². The van der Waals surface area contributed by atoms with E-state index in [9.17, 15) is 0 Å². The Morgan fingerprint density at radius 3 is 2.29 bits per heavy atom. The third-order valence-corrected chi connectivity index (χ3v) is 10.7. The van der Waals surface area contributed by atoms with E-state index >= 15 is 0 Å². The van der Waals surface area contributed by atoms with Crippen LogP contribution in [0, 0.1) is 31.6 Å². The molecule has 0 aliphatic carbocycles. The number of aryl methyl sites for hydroxylation is 1. The van der Waals surface area contributed by atoms with Gasteiger partial charge in [-0.2, -0.15) is 12.1 Å². The summed E-state index contributed by atoms with van der Waals surface area (Å²) in [5.74, 6) is 2.63. The van der Waals surface area contributed by atoms with Gasteiger partial charge < -0.3 is 19.1 Å². The molecule has 0 amide bonds. The number of hydrogen-bond acceptors (Lipinski definition) is 4. The van der Waals surface area contributed by atoms with Crippen LogP contribution in [0.1, 0.15) is 51.3 Å². The number of aromatic nitrogens is 2. The maximum Gasteiger partial charge on any atom is 0.136 e. The molecule has 8 aromatic rings. The van der Waals surface area contributed by atoms with E-state index in [1.165, 1.54) is 33.4 Å². The standard InChI is InChI=1S/C53H47N4O.Pt/c1-36(2)28-38-14-12-17-41(31-38)55-26-27-56(35-55)42-18-13-19-43(33-42)58-44-22-23-46-45-20-10-11-21-49(45)57(50(46)34-44)51-32-40(24-25-54-51)52-47(39-15-8-7-9-16-39)29-37(3)30-48(52)53(4,5)6;/h7-27,29-32,35-36H,28H2,1-6H3;/q-3;. The zero-order valence-electron chi connectivity index (χ0n) is 34.3. The second-order valence-electron chi connectivity index (χ2n) is 16.7. The number of fused-ring (bicyclic) bond motifs is 3.